The van der Waals surface area contributed by atoms with E-state index < -0.39 is 0 Å². The molecule has 0 aromatic heterocycles. The molecule has 0 aliphatic carbocycles. The Hall–Kier alpha value is 0.270. The van der Waals surface area contributed by atoms with Crippen LogP contribution in [0.3, 0.4) is 0 Å². The van der Waals surface area contributed by atoms with Gasteiger partial charge in [-0.25, -0.2) is 0 Å². The van der Waals surface area contributed by atoms with E-state index in [0.29, 0.717) is 10.5 Å². The molecule has 2 heterocycles. The maximum absolute atomic E-state index is 5.34. The topological polar surface area (TPSA) is 18.5 Å². The molecule has 0 aromatic carbocycles. The molecule has 0 amide bonds. The number of hydrogen-bond acceptors (Lipinski definition) is 3. The van der Waals surface area contributed by atoms with Crippen molar-refractivity contribution in [2.75, 3.05) is 26.4 Å². The van der Waals surface area contributed by atoms with Crippen molar-refractivity contribution in [2.24, 2.45) is 0 Å². The lowest BCUT2D eigenvalue weighted by atomic mass is 10.4. The molecule has 2 bridgehead atoms. The summed E-state index contributed by atoms with van der Waals surface area (Å²) in [5.41, 5.74) is 0. The number of thioether (sulfide) groups is 1. The molecule has 0 saturated carbocycles. The summed E-state index contributed by atoms with van der Waals surface area (Å²) >= 11 is 2.02. The molecule has 0 N–H and O–H groups in total. The first-order valence-electron chi connectivity index (χ1n) is 3.26. The molecule has 52 valence electrons. The van der Waals surface area contributed by atoms with Gasteiger partial charge in [0, 0.05) is 0 Å². The summed E-state index contributed by atoms with van der Waals surface area (Å²) in [7, 11) is 0. The van der Waals surface area contributed by atoms with Gasteiger partial charge in [-0.05, 0) is 0 Å². The number of hydrogen-bond donors (Lipinski definition) is 0. The van der Waals surface area contributed by atoms with Gasteiger partial charge in [-0.1, -0.05) is 0 Å². The molecule has 0 unspecified atom stereocenters. The lowest BCUT2D eigenvalue weighted by Gasteiger charge is -2.33. The Kier molecular flexibility index (Phi) is 1.66. The van der Waals surface area contributed by atoms with Crippen molar-refractivity contribution in [3.05, 3.63) is 0 Å². The number of fused-ring (bicyclic) bond motifs is 2. The van der Waals surface area contributed by atoms with Crippen molar-refractivity contribution in [3.8, 4) is 0 Å². The van der Waals surface area contributed by atoms with E-state index in [-0.39, 0.29) is 0 Å². The van der Waals surface area contributed by atoms with Crippen molar-refractivity contribution >= 4 is 11.8 Å². The van der Waals surface area contributed by atoms with Crippen LogP contribution in [0.25, 0.3) is 0 Å². The van der Waals surface area contributed by atoms with Crippen LogP contribution < -0.4 is 0 Å². The van der Waals surface area contributed by atoms with E-state index in [1.54, 1.807) is 0 Å². The van der Waals surface area contributed by atoms with E-state index in [2.05, 4.69) is 0 Å². The van der Waals surface area contributed by atoms with Crippen LogP contribution in [0.1, 0.15) is 0 Å². The zero-order valence-corrected chi connectivity index (χ0v) is 6.02. The van der Waals surface area contributed by atoms with E-state index in [1.807, 2.05) is 11.8 Å². The van der Waals surface area contributed by atoms with Crippen LogP contribution in [0.5, 0.6) is 0 Å². The maximum atomic E-state index is 5.34. The maximum Gasteiger partial charge on any atom is 0.0608 e. The summed E-state index contributed by atoms with van der Waals surface area (Å²) in [6, 6.07) is 0. The summed E-state index contributed by atoms with van der Waals surface area (Å²) < 4.78 is 10.7. The summed E-state index contributed by atoms with van der Waals surface area (Å²) in [6.45, 7) is 3.56. The van der Waals surface area contributed by atoms with Gasteiger partial charge in [-0.3, -0.25) is 0 Å². The molecule has 0 aromatic rings. The van der Waals surface area contributed by atoms with E-state index in [4.69, 9.17) is 9.47 Å². The number of ether oxygens (including phenoxy) is 2. The molecular formula is C6H10O2S. The second kappa shape index (κ2) is 2.48. The molecule has 0 spiro atoms. The third-order valence-electron chi connectivity index (χ3n) is 1.60. The molecule has 2 saturated heterocycles. The van der Waals surface area contributed by atoms with Crippen LogP contribution in [-0.4, -0.2) is 36.9 Å². The third kappa shape index (κ3) is 1.23. The van der Waals surface area contributed by atoms with Crippen LogP contribution in [0.2, 0.25) is 0 Å². The fourth-order valence-corrected chi connectivity index (χ4v) is 2.43. The molecule has 0 atom stereocenters. The van der Waals surface area contributed by atoms with E-state index in [1.165, 1.54) is 0 Å². The van der Waals surface area contributed by atoms with Crippen molar-refractivity contribution in [3.63, 3.8) is 0 Å². The Morgan fingerprint density at radius 1 is 0.889 bits per heavy atom. The summed E-state index contributed by atoms with van der Waals surface area (Å²) in [5, 5.41) is 1.25. The van der Waals surface area contributed by atoms with Crippen molar-refractivity contribution in [1.29, 1.82) is 0 Å². The standard InChI is InChI=1S/C6H10O2S/c1-5-2-8-4-6(9-5)3-7-1/h5-6H,1-4H2. The largest absolute Gasteiger partial charge is 0.379 e. The molecule has 2 aliphatic heterocycles. The predicted octanol–water partition coefficient (Wildman–Crippen LogP) is 0.517. The van der Waals surface area contributed by atoms with Gasteiger partial charge in [0.25, 0.3) is 0 Å². The predicted molar refractivity (Wildman–Crippen MR) is 36.8 cm³/mol. The van der Waals surface area contributed by atoms with Gasteiger partial charge in [0.1, 0.15) is 0 Å². The Labute approximate surface area is 58.9 Å². The van der Waals surface area contributed by atoms with Gasteiger partial charge in [-0.2, -0.15) is 0 Å². The molecule has 2 rings (SSSR count). The van der Waals surface area contributed by atoms with E-state index >= 15 is 0 Å². The van der Waals surface area contributed by atoms with Gasteiger partial charge in [0.05, 0.1) is 36.9 Å². The molecular weight excluding hydrogens is 136 g/mol. The van der Waals surface area contributed by atoms with Gasteiger partial charge >= 0.3 is 0 Å². The minimum absolute atomic E-state index is 0.623. The van der Waals surface area contributed by atoms with Gasteiger partial charge < -0.3 is 9.47 Å². The first-order chi connectivity index (χ1) is 4.45. The quantitative estimate of drug-likeness (QED) is 0.496. The van der Waals surface area contributed by atoms with Crippen LogP contribution in [-0.2, 0) is 9.47 Å². The van der Waals surface area contributed by atoms with Crippen LogP contribution in [0.15, 0.2) is 0 Å². The average molecular weight is 146 g/mol. The first kappa shape index (κ1) is 6.01. The van der Waals surface area contributed by atoms with Crippen molar-refractivity contribution in [1.82, 2.24) is 0 Å². The molecule has 3 heteroatoms. The summed E-state index contributed by atoms with van der Waals surface area (Å²) in [5.74, 6) is 0. The smallest absolute Gasteiger partial charge is 0.0608 e. The lowest BCUT2D eigenvalue weighted by molar-refractivity contribution is 0.0329. The van der Waals surface area contributed by atoms with Gasteiger partial charge in [0.15, 0.2) is 0 Å². The second-order valence-electron chi connectivity index (χ2n) is 2.46. The minimum atomic E-state index is 0.623. The molecule has 2 fully saturated rings. The average Bonchev–Trinajstić information content (AvgIpc) is 1.88. The lowest BCUT2D eigenvalue weighted by Crippen LogP contribution is -2.38. The normalized spacial score (nSPS) is 42.7. The zero-order chi connectivity index (χ0) is 6.10. The summed E-state index contributed by atoms with van der Waals surface area (Å²) in [6.07, 6.45) is 0. The van der Waals surface area contributed by atoms with Gasteiger partial charge in [-0.15, -0.1) is 11.8 Å². The Balaban J connectivity index is 1.96. The first-order valence-corrected chi connectivity index (χ1v) is 4.20. The minimum Gasteiger partial charge on any atom is -0.379 e. The van der Waals surface area contributed by atoms with Gasteiger partial charge in [0.2, 0.25) is 0 Å². The van der Waals surface area contributed by atoms with E-state index in [9.17, 15) is 0 Å². The fraction of sp³-hybridized carbons (Fsp3) is 1.00. The van der Waals surface area contributed by atoms with Crippen molar-refractivity contribution in [2.45, 2.75) is 10.5 Å². The Bertz CT molecular complexity index is 87.2. The van der Waals surface area contributed by atoms with E-state index in [0.717, 1.165) is 26.4 Å². The van der Waals surface area contributed by atoms with Crippen LogP contribution >= 0.6 is 11.8 Å². The molecule has 2 aliphatic rings. The highest BCUT2D eigenvalue weighted by Gasteiger charge is 2.27. The zero-order valence-electron chi connectivity index (χ0n) is 5.21. The Morgan fingerprint density at radius 2 is 1.33 bits per heavy atom. The molecule has 2 nitrogen and oxygen atoms in total. The molecule has 9 heavy (non-hydrogen) atoms. The highest BCUT2D eigenvalue weighted by Crippen LogP contribution is 2.27. The number of rotatable bonds is 0. The monoisotopic (exact) mass is 146 g/mol. The highest BCUT2D eigenvalue weighted by molar-refractivity contribution is 8.00. The fourth-order valence-electron chi connectivity index (χ4n) is 1.19. The highest BCUT2D eigenvalue weighted by atomic mass is 32.2. The van der Waals surface area contributed by atoms with Crippen molar-refractivity contribution < 1.29 is 9.47 Å². The Morgan fingerprint density at radius 3 is 1.67 bits per heavy atom. The third-order valence-corrected chi connectivity index (χ3v) is 2.91. The van der Waals surface area contributed by atoms with Crippen LogP contribution in [0, 0.1) is 0 Å². The second-order valence-corrected chi connectivity index (χ2v) is 4.06. The molecule has 0 radical (unpaired) electrons. The SMILES string of the molecule is C1OCC2COCC1S2. The van der Waals surface area contributed by atoms with Crippen LogP contribution in [0.4, 0.5) is 0 Å². The summed E-state index contributed by atoms with van der Waals surface area (Å²) in [4.78, 5) is 0.